The van der Waals surface area contributed by atoms with E-state index >= 15 is 0 Å². The lowest BCUT2D eigenvalue weighted by Gasteiger charge is -2.21. The van der Waals surface area contributed by atoms with Crippen molar-refractivity contribution < 1.29 is 9.47 Å². The summed E-state index contributed by atoms with van der Waals surface area (Å²) in [5.74, 6) is 2.27. The molecule has 0 aliphatic carbocycles. The van der Waals surface area contributed by atoms with Gasteiger partial charge in [0, 0.05) is 43.8 Å². The molecule has 7 heteroatoms. The quantitative estimate of drug-likeness (QED) is 0.283. The maximum atomic E-state index is 6.14. The minimum absolute atomic E-state index is 0. The second kappa shape index (κ2) is 14.0. The molecule has 0 spiro atoms. The molecule has 0 radical (unpaired) electrons. The number of nitrogens with one attached hydrogen (secondary N) is 2. The Balaban J connectivity index is 0.00000420. The van der Waals surface area contributed by atoms with Crippen molar-refractivity contribution in [2.45, 2.75) is 46.7 Å². The maximum Gasteiger partial charge on any atom is 0.191 e. The predicted molar refractivity (Wildman–Crippen MR) is 132 cm³/mol. The summed E-state index contributed by atoms with van der Waals surface area (Å²) >= 11 is 0. The number of hydrogen-bond donors (Lipinski definition) is 2. The van der Waals surface area contributed by atoms with Gasteiger partial charge in [-0.05, 0) is 52.8 Å². The van der Waals surface area contributed by atoms with Gasteiger partial charge in [-0.25, -0.2) is 4.99 Å². The van der Waals surface area contributed by atoms with Gasteiger partial charge in [0.1, 0.15) is 5.75 Å². The molecule has 1 saturated heterocycles. The molecule has 29 heavy (non-hydrogen) atoms. The first-order valence-electron chi connectivity index (χ1n) is 10.5. The predicted octanol–water partition coefficient (Wildman–Crippen LogP) is 3.42. The number of nitrogens with zero attached hydrogens (tertiary/aromatic N) is 2. The fraction of sp³-hybridized carbons (Fsp3) is 0.682. The Kier molecular flexibility index (Phi) is 12.6. The van der Waals surface area contributed by atoms with E-state index in [1.165, 1.54) is 5.56 Å². The number of aliphatic imine (C=N–C) groups is 1. The molecule has 6 nitrogen and oxygen atoms in total. The molecule has 0 bridgehead atoms. The van der Waals surface area contributed by atoms with Gasteiger partial charge >= 0.3 is 0 Å². The number of rotatable bonds is 10. The highest BCUT2D eigenvalue weighted by Gasteiger charge is 2.17. The van der Waals surface area contributed by atoms with Crippen LogP contribution < -0.4 is 15.4 Å². The molecule has 1 aromatic carbocycles. The summed E-state index contributed by atoms with van der Waals surface area (Å²) in [6.45, 7) is 14.2. The summed E-state index contributed by atoms with van der Waals surface area (Å²) in [6, 6.07) is 6.89. The molecule has 2 N–H and O–H groups in total. The van der Waals surface area contributed by atoms with Gasteiger partial charge in [-0.15, -0.1) is 24.0 Å². The van der Waals surface area contributed by atoms with Crippen molar-refractivity contribution in [3.63, 3.8) is 0 Å². The van der Waals surface area contributed by atoms with E-state index in [4.69, 9.17) is 14.5 Å². The van der Waals surface area contributed by atoms with Crippen molar-refractivity contribution >= 4 is 29.9 Å². The van der Waals surface area contributed by atoms with Crippen molar-refractivity contribution in [1.82, 2.24) is 15.5 Å². The number of ether oxygens (including phenoxy) is 2. The molecule has 1 aromatic rings. The molecule has 1 atom stereocenters. The van der Waals surface area contributed by atoms with Crippen LogP contribution in [0.2, 0.25) is 0 Å². The normalized spacial score (nSPS) is 16.8. The molecule has 0 aromatic heterocycles. The van der Waals surface area contributed by atoms with Gasteiger partial charge in [0.2, 0.25) is 0 Å². The summed E-state index contributed by atoms with van der Waals surface area (Å²) in [7, 11) is 2.14. The van der Waals surface area contributed by atoms with E-state index in [9.17, 15) is 0 Å². The fourth-order valence-electron chi connectivity index (χ4n) is 2.96. The number of likely N-dealkylation sites (N-methyl/N-ethyl adjacent to an activating group) is 1. The molecule has 2 rings (SSSR count). The van der Waals surface area contributed by atoms with Crippen LogP contribution in [0, 0.1) is 12.8 Å². The van der Waals surface area contributed by atoms with Gasteiger partial charge in [0.05, 0.1) is 19.8 Å². The monoisotopic (exact) mass is 518 g/mol. The Hall–Kier alpha value is -1.06. The number of guanidine groups is 1. The Morgan fingerprint density at radius 3 is 2.79 bits per heavy atom. The zero-order valence-corrected chi connectivity index (χ0v) is 21.0. The summed E-state index contributed by atoms with van der Waals surface area (Å²) < 4.78 is 11.6. The Morgan fingerprint density at radius 1 is 1.34 bits per heavy atom. The van der Waals surface area contributed by atoms with E-state index in [1.807, 2.05) is 0 Å². The lowest BCUT2D eigenvalue weighted by Crippen LogP contribution is -2.42. The smallest absolute Gasteiger partial charge is 0.191 e. The van der Waals surface area contributed by atoms with Crippen molar-refractivity contribution in [3.05, 3.63) is 29.3 Å². The zero-order chi connectivity index (χ0) is 20.4. The Bertz CT molecular complexity index is 619. The molecule has 0 amide bonds. The summed E-state index contributed by atoms with van der Waals surface area (Å²) in [5, 5.41) is 6.75. The van der Waals surface area contributed by atoms with Crippen LogP contribution in [0.3, 0.4) is 0 Å². The highest BCUT2D eigenvalue weighted by atomic mass is 127. The van der Waals surface area contributed by atoms with Gasteiger partial charge in [-0.1, -0.05) is 12.1 Å². The van der Waals surface area contributed by atoms with Gasteiger partial charge in [-0.2, -0.15) is 0 Å². The first-order valence-corrected chi connectivity index (χ1v) is 10.5. The molecular formula is C22H39IN4O2. The van der Waals surface area contributed by atoms with Crippen molar-refractivity contribution in [2.75, 3.05) is 46.5 Å². The SMILES string of the molecule is CCNC(=NCc1ccc(C)cc1OCC1CCOC1)NCCN(C)C(C)C.I. The highest BCUT2D eigenvalue weighted by Crippen LogP contribution is 2.23. The van der Waals surface area contributed by atoms with Crippen LogP contribution in [-0.4, -0.2) is 63.4 Å². The molecule has 0 saturated carbocycles. The van der Waals surface area contributed by atoms with E-state index < -0.39 is 0 Å². The minimum Gasteiger partial charge on any atom is -0.493 e. The minimum atomic E-state index is 0. The first kappa shape index (κ1) is 26.0. The highest BCUT2D eigenvalue weighted by molar-refractivity contribution is 14.0. The third kappa shape index (κ3) is 9.53. The third-order valence-corrected chi connectivity index (χ3v) is 5.11. The Morgan fingerprint density at radius 2 is 2.14 bits per heavy atom. The molecule has 1 heterocycles. The van der Waals surface area contributed by atoms with Crippen LogP contribution in [-0.2, 0) is 11.3 Å². The van der Waals surface area contributed by atoms with Crippen LogP contribution >= 0.6 is 24.0 Å². The molecule has 1 fully saturated rings. The van der Waals surface area contributed by atoms with Crippen LogP contribution in [0.25, 0.3) is 0 Å². The maximum absolute atomic E-state index is 6.14. The van der Waals surface area contributed by atoms with E-state index in [0.717, 1.165) is 56.5 Å². The van der Waals surface area contributed by atoms with Gasteiger partial charge < -0.3 is 25.0 Å². The summed E-state index contributed by atoms with van der Waals surface area (Å²) in [4.78, 5) is 7.08. The lowest BCUT2D eigenvalue weighted by molar-refractivity contribution is 0.166. The van der Waals surface area contributed by atoms with Gasteiger partial charge in [-0.3, -0.25) is 0 Å². The summed E-state index contributed by atoms with van der Waals surface area (Å²) in [6.07, 6.45) is 1.08. The van der Waals surface area contributed by atoms with Crippen LogP contribution in [0.5, 0.6) is 5.75 Å². The molecule has 1 aliphatic rings. The van der Waals surface area contributed by atoms with Crippen molar-refractivity contribution in [2.24, 2.45) is 10.9 Å². The average molecular weight is 518 g/mol. The topological polar surface area (TPSA) is 58.1 Å². The van der Waals surface area contributed by atoms with E-state index in [1.54, 1.807) is 0 Å². The largest absolute Gasteiger partial charge is 0.493 e. The van der Waals surface area contributed by atoms with E-state index in [-0.39, 0.29) is 24.0 Å². The zero-order valence-electron chi connectivity index (χ0n) is 18.7. The number of aryl methyl sites for hydroxylation is 1. The van der Waals surface area contributed by atoms with E-state index in [2.05, 4.69) is 68.5 Å². The fourth-order valence-corrected chi connectivity index (χ4v) is 2.96. The number of benzene rings is 1. The van der Waals surface area contributed by atoms with Crippen LogP contribution in [0.1, 0.15) is 38.3 Å². The third-order valence-electron chi connectivity index (χ3n) is 5.11. The van der Waals surface area contributed by atoms with Gasteiger partial charge in [0.25, 0.3) is 0 Å². The molecule has 1 aliphatic heterocycles. The number of halogens is 1. The number of hydrogen-bond acceptors (Lipinski definition) is 4. The van der Waals surface area contributed by atoms with Crippen molar-refractivity contribution in [1.29, 1.82) is 0 Å². The van der Waals surface area contributed by atoms with Crippen molar-refractivity contribution in [3.8, 4) is 5.75 Å². The summed E-state index contributed by atoms with van der Waals surface area (Å²) in [5.41, 5.74) is 2.31. The first-order chi connectivity index (χ1) is 13.5. The van der Waals surface area contributed by atoms with Gasteiger partial charge in [0.15, 0.2) is 5.96 Å². The second-order valence-electron chi connectivity index (χ2n) is 7.85. The Labute approximate surface area is 193 Å². The average Bonchev–Trinajstić information content (AvgIpc) is 3.18. The standard InChI is InChI=1S/C22H38N4O2.HI/c1-6-23-22(24-10-11-26(5)17(2)3)25-14-20-8-7-18(4)13-21(20)28-16-19-9-12-27-15-19;/h7-8,13,17,19H,6,9-12,14-16H2,1-5H3,(H2,23,24,25);1H. The van der Waals surface area contributed by atoms with E-state index in [0.29, 0.717) is 25.1 Å². The molecular weight excluding hydrogens is 479 g/mol. The molecule has 1 unspecified atom stereocenters. The van der Waals surface area contributed by atoms with Crippen LogP contribution in [0.4, 0.5) is 0 Å². The molecule has 166 valence electrons. The van der Waals surface area contributed by atoms with Crippen LogP contribution in [0.15, 0.2) is 23.2 Å². The lowest BCUT2D eigenvalue weighted by atomic mass is 10.1. The second-order valence-corrected chi connectivity index (χ2v) is 7.85.